The summed E-state index contributed by atoms with van der Waals surface area (Å²) in [6.45, 7) is 5.72. The number of aryl methyl sites for hydroxylation is 1. The maximum Gasteiger partial charge on any atom is 0.122 e. The number of nitrogens with one attached hydrogen (secondary N) is 1. The van der Waals surface area contributed by atoms with Crippen LogP contribution in [0.1, 0.15) is 37.9 Å². The van der Waals surface area contributed by atoms with Crippen LogP contribution in [0.25, 0.3) is 0 Å². The molecule has 0 aliphatic heterocycles. The molecule has 0 aliphatic carbocycles. The quantitative estimate of drug-likeness (QED) is 0.825. The van der Waals surface area contributed by atoms with Gasteiger partial charge in [-0.25, -0.2) is 0 Å². The Bertz CT molecular complexity index is 369. The largest absolute Gasteiger partial charge is 0.496 e. The van der Waals surface area contributed by atoms with Crippen molar-refractivity contribution in [3.63, 3.8) is 0 Å². The Morgan fingerprint density at radius 1 is 1.41 bits per heavy atom. The first kappa shape index (κ1) is 14.0. The molecule has 1 rings (SSSR count). The minimum absolute atomic E-state index is 0.0845. The first-order valence-corrected chi connectivity index (χ1v) is 6.00. The summed E-state index contributed by atoms with van der Waals surface area (Å²) in [6, 6.07) is 5.97. The van der Waals surface area contributed by atoms with E-state index in [1.807, 2.05) is 33.0 Å². The molecule has 3 nitrogen and oxygen atoms in total. The molecule has 0 fully saturated rings. The minimum Gasteiger partial charge on any atom is -0.496 e. The van der Waals surface area contributed by atoms with E-state index in [-0.39, 0.29) is 6.04 Å². The third kappa shape index (κ3) is 3.20. The van der Waals surface area contributed by atoms with Crippen LogP contribution >= 0.6 is 0 Å². The second kappa shape index (κ2) is 5.52. The summed E-state index contributed by atoms with van der Waals surface area (Å²) in [5.74, 6) is 0.904. The predicted molar refractivity (Wildman–Crippen MR) is 70.5 cm³/mol. The van der Waals surface area contributed by atoms with Crippen molar-refractivity contribution < 1.29 is 9.84 Å². The van der Waals surface area contributed by atoms with E-state index in [0.717, 1.165) is 23.3 Å². The van der Waals surface area contributed by atoms with E-state index >= 15 is 0 Å². The number of hydrogen-bond donors (Lipinski definition) is 2. The highest BCUT2D eigenvalue weighted by Gasteiger charge is 2.27. The van der Waals surface area contributed by atoms with Gasteiger partial charge in [0.1, 0.15) is 5.75 Å². The molecule has 0 aromatic heterocycles. The third-order valence-corrected chi connectivity index (χ3v) is 3.01. The average molecular weight is 237 g/mol. The highest BCUT2D eigenvalue weighted by molar-refractivity contribution is 5.39. The summed E-state index contributed by atoms with van der Waals surface area (Å²) in [6.07, 6.45) is 0.916. The van der Waals surface area contributed by atoms with E-state index in [1.165, 1.54) is 0 Å². The molecule has 1 aromatic rings. The summed E-state index contributed by atoms with van der Waals surface area (Å²) in [4.78, 5) is 0. The van der Waals surface area contributed by atoms with Gasteiger partial charge in [-0.1, -0.05) is 19.1 Å². The normalized spacial score (nSPS) is 13.5. The van der Waals surface area contributed by atoms with Gasteiger partial charge in [0.05, 0.1) is 18.8 Å². The van der Waals surface area contributed by atoms with E-state index in [1.54, 1.807) is 7.11 Å². The summed E-state index contributed by atoms with van der Waals surface area (Å²) in [7, 11) is 3.54. The Kier molecular flexibility index (Phi) is 4.54. The second-order valence-corrected chi connectivity index (χ2v) is 4.80. The average Bonchev–Trinajstić information content (AvgIpc) is 2.27. The van der Waals surface area contributed by atoms with Gasteiger partial charge >= 0.3 is 0 Å². The lowest BCUT2D eigenvalue weighted by molar-refractivity contribution is 0.0400. The van der Waals surface area contributed by atoms with Crippen molar-refractivity contribution in [2.24, 2.45) is 0 Å². The zero-order valence-electron chi connectivity index (χ0n) is 11.4. The van der Waals surface area contributed by atoms with Gasteiger partial charge in [0.2, 0.25) is 0 Å². The molecule has 2 N–H and O–H groups in total. The number of hydrogen-bond acceptors (Lipinski definition) is 3. The number of benzene rings is 1. The number of ether oxygens (including phenoxy) is 1. The maximum absolute atomic E-state index is 10.1. The van der Waals surface area contributed by atoms with Crippen LogP contribution in [-0.2, 0) is 6.42 Å². The predicted octanol–water partition coefficient (Wildman–Crippen LogP) is 2.29. The highest BCUT2D eigenvalue weighted by atomic mass is 16.5. The molecule has 1 unspecified atom stereocenters. The molecular weight excluding hydrogens is 214 g/mol. The van der Waals surface area contributed by atoms with Crippen LogP contribution in [0.2, 0.25) is 0 Å². The molecule has 0 saturated heterocycles. The van der Waals surface area contributed by atoms with Crippen LogP contribution in [0.4, 0.5) is 0 Å². The molecule has 0 radical (unpaired) electrons. The Morgan fingerprint density at radius 2 is 2.06 bits per heavy atom. The molecule has 0 heterocycles. The van der Waals surface area contributed by atoms with Gasteiger partial charge in [-0.05, 0) is 44.5 Å². The molecule has 3 heteroatoms. The molecule has 0 spiro atoms. The monoisotopic (exact) mass is 237 g/mol. The van der Waals surface area contributed by atoms with Crippen molar-refractivity contribution in [2.75, 3.05) is 14.2 Å². The van der Waals surface area contributed by atoms with Crippen molar-refractivity contribution >= 4 is 0 Å². The number of methoxy groups -OCH3 is 1. The number of likely N-dealkylation sites (N-methyl/N-ethyl adjacent to an activating group) is 1. The lowest BCUT2D eigenvalue weighted by Gasteiger charge is -2.30. The van der Waals surface area contributed by atoms with Crippen LogP contribution in [0.3, 0.4) is 0 Å². The number of aliphatic hydroxyl groups is 1. The molecule has 1 atom stereocenters. The van der Waals surface area contributed by atoms with Crippen molar-refractivity contribution in [3.05, 3.63) is 29.3 Å². The van der Waals surface area contributed by atoms with Crippen LogP contribution < -0.4 is 10.1 Å². The van der Waals surface area contributed by atoms with Gasteiger partial charge < -0.3 is 15.2 Å². The van der Waals surface area contributed by atoms with Crippen LogP contribution in [0.5, 0.6) is 5.75 Å². The zero-order chi connectivity index (χ0) is 13.1. The fourth-order valence-corrected chi connectivity index (χ4v) is 2.18. The second-order valence-electron chi connectivity index (χ2n) is 4.80. The lowest BCUT2D eigenvalue weighted by Crippen LogP contribution is -2.37. The van der Waals surface area contributed by atoms with E-state index in [4.69, 9.17) is 4.74 Å². The van der Waals surface area contributed by atoms with Gasteiger partial charge in [-0.3, -0.25) is 0 Å². The Labute approximate surface area is 104 Å². The summed E-state index contributed by atoms with van der Waals surface area (Å²) in [5.41, 5.74) is 1.45. The van der Waals surface area contributed by atoms with Gasteiger partial charge in [0.15, 0.2) is 0 Å². The van der Waals surface area contributed by atoms with E-state index in [9.17, 15) is 5.11 Å². The molecule has 0 saturated carbocycles. The van der Waals surface area contributed by atoms with Crippen molar-refractivity contribution in [3.8, 4) is 5.75 Å². The maximum atomic E-state index is 10.1. The van der Waals surface area contributed by atoms with Crippen molar-refractivity contribution in [1.82, 2.24) is 5.32 Å². The molecular formula is C14H23NO2. The smallest absolute Gasteiger partial charge is 0.122 e. The summed E-state index contributed by atoms with van der Waals surface area (Å²) < 4.78 is 5.31. The Morgan fingerprint density at radius 3 is 2.47 bits per heavy atom. The molecule has 0 aliphatic rings. The lowest BCUT2D eigenvalue weighted by atomic mass is 9.90. The topological polar surface area (TPSA) is 41.5 Å². The van der Waals surface area contributed by atoms with Crippen molar-refractivity contribution in [2.45, 2.75) is 38.8 Å². The first-order valence-electron chi connectivity index (χ1n) is 6.00. The molecule has 0 bridgehead atoms. The van der Waals surface area contributed by atoms with Gasteiger partial charge in [0.25, 0.3) is 0 Å². The van der Waals surface area contributed by atoms with E-state index in [2.05, 4.69) is 18.3 Å². The molecule has 1 aromatic carbocycles. The van der Waals surface area contributed by atoms with Crippen LogP contribution in [0.15, 0.2) is 18.2 Å². The van der Waals surface area contributed by atoms with E-state index < -0.39 is 5.60 Å². The Balaban J connectivity index is 3.14. The molecule has 96 valence electrons. The van der Waals surface area contributed by atoms with Crippen LogP contribution in [0, 0.1) is 0 Å². The van der Waals surface area contributed by atoms with E-state index in [0.29, 0.717) is 0 Å². The van der Waals surface area contributed by atoms with Gasteiger partial charge in [0, 0.05) is 0 Å². The molecule has 0 amide bonds. The minimum atomic E-state index is -0.797. The van der Waals surface area contributed by atoms with Gasteiger partial charge in [-0.15, -0.1) is 0 Å². The third-order valence-electron chi connectivity index (χ3n) is 3.01. The standard InChI is InChI=1S/C14H23NO2/c1-6-10-9-11(7-8-12(10)17-5)13(15-4)14(2,3)16/h7-9,13,15-16H,6H2,1-5H3. The fraction of sp³-hybridized carbons (Fsp3) is 0.571. The highest BCUT2D eigenvalue weighted by Crippen LogP contribution is 2.29. The number of rotatable bonds is 5. The summed E-state index contributed by atoms with van der Waals surface area (Å²) in [5, 5.41) is 13.3. The fourth-order valence-electron chi connectivity index (χ4n) is 2.18. The molecule has 17 heavy (non-hydrogen) atoms. The van der Waals surface area contributed by atoms with Crippen molar-refractivity contribution in [1.29, 1.82) is 0 Å². The van der Waals surface area contributed by atoms with Crippen LogP contribution in [-0.4, -0.2) is 24.9 Å². The Hall–Kier alpha value is -1.06. The zero-order valence-corrected chi connectivity index (χ0v) is 11.4. The summed E-state index contributed by atoms with van der Waals surface area (Å²) >= 11 is 0. The first-order chi connectivity index (χ1) is 7.93. The van der Waals surface area contributed by atoms with Gasteiger partial charge in [-0.2, -0.15) is 0 Å². The SMILES string of the molecule is CCc1cc(C(NC)C(C)(C)O)ccc1OC.